The maximum Gasteiger partial charge on any atom is 0.410 e. The number of para-hydroxylation sites is 1. The Labute approximate surface area is 257 Å². The third-order valence-electron chi connectivity index (χ3n) is 7.21. The fourth-order valence-electron chi connectivity index (χ4n) is 5.09. The predicted octanol–water partition coefficient (Wildman–Crippen LogP) is 5.80. The number of benzene rings is 3. The average Bonchev–Trinajstić information content (AvgIpc) is 2.98. The number of carbonyl (C=O) groups excluding carboxylic acids is 2. The summed E-state index contributed by atoms with van der Waals surface area (Å²) in [7, 11) is 0. The van der Waals surface area contributed by atoms with Crippen molar-refractivity contribution in [3.05, 3.63) is 100 Å². The Balaban J connectivity index is 1.57. The number of piperazine rings is 1. The molecule has 3 aromatic carbocycles. The molecule has 0 saturated carbocycles. The number of carbonyl (C=O) groups is 2. The van der Waals surface area contributed by atoms with Crippen LogP contribution >= 0.6 is 0 Å². The summed E-state index contributed by atoms with van der Waals surface area (Å²) in [5.41, 5.74) is -0.794. The van der Waals surface area contributed by atoms with Crippen molar-refractivity contribution < 1.29 is 27.5 Å². The van der Waals surface area contributed by atoms with Crippen LogP contribution in [0.25, 0.3) is 10.9 Å². The fourth-order valence-corrected chi connectivity index (χ4v) is 5.09. The van der Waals surface area contributed by atoms with Crippen LogP contribution in [0.5, 0.6) is 0 Å². The van der Waals surface area contributed by atoms with Gasteiger partial charge in [0.1, 0.15) is 23.1 Å². The summed E-state index contributed by atoms with van der Waals surface area (Å²) in [6, 6.07) is 12.5. The standard InChI is InChI=1S/C32H33F3N6O4/c1-20(40(27-14-11-22(34)19-25(27)35)30(43)36-23-12-9-21(33)10-13-23)28-37-26-8-6-5-7-24(26)29(42)41(28)39-17-15-38(16-18-39)31(44)45-32(2,3)4/h5-14,19-20H,15-18H2,1-4H3,(H,36,43). The summed E-state index contributed by atoms with van der Waals surface area (Å²) in [5, 5.41) is 4.65. The molecule has 13 heteroatoms. The average molecular weight is 623 g/mol. The highest BCUT2D eigenvalue weighted by atomic mass is 19.1. The largest absolute Gasteiger partial charge is 0.444 e. The molecule has 1 N–H and O–H groups in total. The van der Waals surface area contributed by atoms with Crippen molar-refractivity contribution in [2.24, 2.45) is 0 Å². The number of fused-ring (bicyclic) bond motifs is 1. The Morgan fingerprint density at radius 1 is 0.933 bits per heavy atom. The van der Waals surface area contributed by atoms with E-state index in [9.17, 15) is 23.2 Å². The van der Waals surface area contributed by atoms with Crippen LogP contribution in [0.2, 0.25) is 0 Å². The molecule has 4 aromatic rings. The topological polar surface area (TPSA) is 100 Å². The first kappa shape index (κ1) is 31.4. The Hall–Kier alpha value is -5.07. The molecule has 0 bridgehead atoms. The van der Waals surface area contributed by atoms with Crippen molar-refractivity contribution in [3.8, 4) is 0 Å². The summed E-state index contributed by atoms with van der Waals surface area (Å²) >= 11 is 0. The van der Waals surface area contributed by atoms with E-state index in [1.165, 1.54) is 16.8 Å². The number of halogens is 3. The summed E-state index contributed by atoms with van der Waals surface area (Å²) < 4.78 is 49.6. The molecule has 1 fully saturated rings. The minimum atomic E-state index is -1.09. The molecule has 1 aliphatic heterocycles. The van der Waals surface area contributed by atoms with Gasteiger partial charge in [0.05, 0.1) is 35.7 Å². The molecule has 5 rings (SSSR count). The highest BCUT2D eigenvalue weighted by molar-refractivity contribution is 6.02. The minimum Gasteiger partial charge on any atom is -0.444 e. The lowest BCUT2D eigenvalue weighted by Crippen LogP contribution is -2.57. The number of ether oxygens (including phenoxy) is 1. The number of rotatable bonds is 5. The second kappa shape index (κ2) is 12.5. The van der Waals surface area contributed by atoms with Crippen molar-refractivity contribution in [1.29, 1.82) is 0 Å². The van der Waals surface area contributed by atoms with E-state index in [0.717, 1.165) is 29.2 Å². The molecule has 2 heterocycles. The molecule has 0 radical (unpaired) electrons. The lowest BCUT2D eigenvalue weighted by molar-refractivity contribution is 0.0231. The normalized spacial score (nSPS) is 14.3. The molecule has 3 amide bonds. The molecule has 45 heavy (non-hydrogen) atoms. The maximum atomic E-state index is 15.3. The monoisotopic (exact) mass is 622 g/mol. The van der Waals surface area contributed by atoms with Gasteiger partial charge in [-0.05, 0) is 76.2 Å². The number of anilines is 2. The SMILES string of the molecule is CC(c1nc2ccccc2c(=O)n1N1CCN(C(=O)OC(C)(C)C)CC1)N(C(=O)Nc1ccc(F)cc1)c1ccc(F)cc1F. The van der Waals surface area contributed by atoms with Crippen LogP contribution in [-0.2, 0) is 4.74 Å². The van der Waals surface area contributed by atoms with E-state index in [4.69, 9.17) is 9.72 Å². The van der Waals surface area contributed by atoms with Crippen molar-refractivity contribution in [2.75, 3.05) is 41.4 Å². The molecule has 1 aromatic heterocycles. The number of amides is 3. The third kappa shape index (κ3) is 6.87. The van der Waals surface area contributed by atoms with Gasteiger partial charge in [-0.1, -0.05) is 12.1 Å². The number of aromatic nitrogens is 2. The molecule has 1 saturated heterocycles. The van der Waals surface area contributed by atoms with Gasteiger partial charge in [0.25, 0.3) is 5.56 Å². The molecule has 10 nitrogen and oxygen atoms in total. The Morgan fingerprint density at radius 3 is 2.22 bits per heavy atom. The van der Waals surface area contributed by atoms with E-state index in [1.54, 1.807) is 61.9 Å². The lowest BCUT2D eigenvalue weighted by Gasteiger charge is -2.39. The molecule has 1 unspecified atom stereocenters. The molecule has 0 aliphatic carbocycles. The van der Waals surface area contributed by atoms with Crippen LogP contribution in [0.15, 0.2) is 71.5 Å². The first-order valence-electron chi connectivity index (χ1n) is 14.4. The zero-order chi connectivity index (χ0) is 32.5. The van der Waals surface area contributed by atoms with E-state index in [-0.39, 0.29) is 43.4 Å². The second-order valence-electron chi connectivity index (χ2n) is 11.6. The first-order chi connectivity index (χ1) is 21.3. The quantitative estimate of drug-likeness (QED) is 0.302. The molecule has 1 atom stereocenters. The van der Waals surface area contributed by atoms with Crippen LogP contribution in [-0.4, -0.2) is 58.5 Å². The molecule has 0 spiro atoms. The first-order valence-corrected chi connectivity index (χ1v) is 14.4. The third-order valence-corrected chi connectivity index (χ3v) is 7.21. The van der Waals surface area contributed by atoms with Gasteiger partial charge >= 0.3 is 12.1 Å². The molecular weight excluding hydrogens is 589 g/mol. The van der Waals surface area contributed by atoms with Crippen LogP contribution in [0.3, 0.4) is 0 Å². The Bertz CT molecular complexity index is 1780. The zero-order valence-corrected chi connectivity index (χ0v) is 25.3. The fraction of sp³-hybridized carbons (Fsp3) is 0.312. The summed E-state index contributed by atoms with van der Waals surface area (Å²) in [6.07, 6.45) is -0.477. The van der Waals surface area contributed by atoms with Crippen LogP contribution in [0.4, 0.5) is 34.1 Å². The minimum absolute atomic E-state index is 0.0994. The summed E-state index contributed by atoms with van der Waals surface area (Å²) in [6.45, 7) is 7.83. The smallest absolute Gasteiger partial charge is 0.410 e. The van der Waals surface area contributed by atoms with E-state index in [0.29, 0.717) is 17.0 Å². The van der Waals surface area contributed by atoms with Gasteiger partial charge in [-0.15, -0.1) is 0 Å². The van der Waals surface area contributed by atoms with E-state index < -0.39 is 46.8 Å². The summed E-state index contributed by atoms with van der Waals surface area (Å²) in [4.78, 5) is 47.8. The molecular formula is C32H33F3N6O4. The number of nitrogens with one attached hydrogen (secondary N) is 1. The number of nitrogens with zero attached hydrogens (tertiary/aromatic N) is 5. The van der Waals surface area contributed by atoms with Gasteiger partial charge < -0.3 is 20.0 Å². The number of urea groups is 1. The van der Waals surface area contributed by atoms with Crippen LogP contribution in [0, 0.1) is 17.5 Å². The number of hydrogen-bond acceptors (Lipinski definition) is 6. The second-order valence-corrected chi connectivity index (χ2v) is 11.6. The predicted molar refractivity (Wildman–Crippen MR) is 164 cm³/mol. The van der Waals surface area contributed by atoms with Gasteiger partial charge in [-0.3, -0.25) is 9.69 Å². The van der Waals surface area contributed by atoms with Crippen molar-refractivity contribution in [2.45, 2.75) is 39.3 Å². The van der Waals surface area contributed by atoms with Crippen molar-refractivity contribution in [1.82, 2.24) is 14.6 Å². The van der Waals surface area contributed by atoms with E-state index >= 15 is 4.39 Å². The maximum absolute atomic E-state index is 15.3. The molecule has 236 valence electrons. The zero-order valence-electron chi connectivity index (χ0n) is 25.3. The van der Waals surface area contributed by atoms with E-state index in [2.05, 4.69) is 5.32 Å². The van der Waals surface area contributed by atoms with Gasteiger partial charge in [0, 0.05) is 24.8 Å². The van der Waals surface area contributed by atoms with Crippen molar-refractivity contribution in [3.63, 3.8) is 0 Å². The molecule has 1 aliphatic rings. The highest BCUT2D eigenvalue weighted by Gasteiger charge is 2.33. The van der Waals surface area contributed by atoms with Gasteiger partial charge in [0.15, 0.2) is 5.82 Å². The van der Waals surface area contributed by atoms with Gasteiger partial charge in [-0.25, -0.2) is 32.4 Å². The highest BCUT2D eigenvalue weighted by Crippen LogP contribution is 2.31. The van der Waals surface area contributed by atoms with Crippen molar-refractivity contribution >= 4 is 34.4 Å². The number of hydrogen-bond donors (Lipinski definition) is 1. The lowest BCUT2D eigenvalue weighted by atomic mass is 10.1. The van der Waals surface area contributed by atoms with Gasteiger partial charge in [0.2, 0.25) is 0 Å². The summed E-state index contributed by atoms with van der Waals surface area (Å²) in [5.74, 6) is -2.27. The Morgan fingerprint density at radius 2 is 1.58 bits per heavy atom. The Kier molecular flexibility index (Phi) is 8.71. The van der Waals surface area contributed by atoms with Crippen LogP contribution in [0.1, 0.15) is 39.6 Å². The van der Waals surface area contributed by atoms with Crippen LogP contribution < -0.4 is 20.8 Å². The van der Waals surface area contributed by atoms with Gasteiger partial charge in [-0.2, -0.15) is 0 Å². The van der Waals surface area contributed by atoms with E-state index in [1.807, 2.05) is 0 Å².